The molecule has 2 bridgehead atoms. The summed E-state index contributed by atoms with van der Waals surface area (Å²) in [4.78, 5) is 49.1. The summed E-state index contributed by atoms with van der Waals surface area (Å²) in [5.74, 6) is -2.04. The van der Waals surface area contributed by atoms with Gasteiger partial charge in [0.05, 0.1) is 5.41 Å². The number of allylic oxidation sites excluding steroid dienone is 1. The highest BCUT2D eigenvalue weighted by Crippen LogP contribution is 2.60. The summed E-state index contributed by atoms with van der Waals surface area (Å²) in [5, 5.41) is 0. The maximum Gasteiger partial charge on any atom is 0.303 e. The van der Waals surface area contributed by atoms with Crippen molar-refractivity contribution in [1.82, 2.24) is 0 Å². The van der Waals surface area contributed by atoms with E-state index in [1.807, 2.05) is 13.8 Å². The lowest BCUT2D eigenvalue weighted by molar-refractivity contribution is -0.206. The third-order valence-corrected chi connectivity index (χ3v) is 8.68. The van der Waals surface area contributed by atoms with Crippen LogP contribution in [0.2, 0.25) is 0 Å². The Kier molecular flexibility index (Phi) is 7.78. The second-order valence-electron chi connectivity index (χ2n) is 11.4. The van der Waals surface area contributed by atoms with Crippen LogP contribution in [-0.2, 0) is 38.1 Å². The first-order chi connectivity index (χ1) is 16.6. The van der Waals surface area contributed by atoms with E-state index >= 15 is 0 Å². The van der Waals surface area contributed by atoms with Crippen molar-refractivity contribution in [2.75, 3.05) is 0 Å². The van der Waals surface area contributed by atoms with E-state index in [-0.39, 0.29) is 11.8 Å². The Labute approximate surface area is 213 Å². The number of carbonyl (C=O) groups excluding carboxylic acids is 4. The fourth-order valence-electron chi connectivity index (χ4n) is 7.03. The summed E-state index contributed by atoms with van der Waals surface area (Å²) in [6, 6.07) is 0. The molecule has 0 radical (unpaired) electrons. The van der Waals surface area contributed by atoms with Gasteiger partial charge in [-0.3, -0.25) is 19.2 Å². The van der Waals surface area contributed by atoms with Gasteiger partial charge in [0.15, 0.2) is 12.2 Å². The van der Waals surface area contributed by atoms with Gasteiger partial charge in [-0.2, -0.15) is 0 Å². The SMILES string of the molecule is C=C1CC[C@H](OC(C)=O)[C@]2(C)[C@@H]1C[C@@H]1C[C@H](OC(C)=O)C(C)=C([C@@H](OC(C)=O)[C@@H]2OC(C)=O)C1(C)C. The van der Waals surface area contributed by atoms with Crippen molar-refractivity contribution in [2.45, 2.75) is 105 Å². The first-order valence-corrected chi connectivity index (χ1v) is 12.7. The lowest BCUT2D eigenvalue weighted by Gasteiger charge is -2.58. The lowest BCUT2D eigenvalue weighted by Crippen LogP contribution is -2.63. The molecule has 3 aliphatic carbocycles. The van der Waals surface area contributed by atoms with Crippen LogP contribution in [0, 0.1) is 22.7 Å². The largest absolute Gasteiger partial charge is 0.462 e. The molecule has 0 N–H and O–H groups in total. The van der Waals surface area contributed by atoms with Crippen LogP contribution >= 0.6 is 0 Å². The Morgan fingerprint density at radius 3 is 1.92 bits per heavy atom. The standard InChI is InChI=1S/C28H40O8/c1-14-10-11-23(34-17(4)30)28(9)21(14)12-20-13-22(33-16(3)29)15(2)24(27(20,7)8)25(35-18(5)31)26(28)36-19(6)32/h20-23,25-26H,1,10-13H2,2-9H3/t20-,21-,22+,23+,25-,26+,28+/m1/s1. The normalized spacial score (nSPS) is 35.5. The van der Waals surface area contributed by atoms with Gasteiger partial charge in [-0.05, 0) is 61.0 Å². The monoisotopic (exact) mass is 504 g/mol. The third kappa shape index (κ3) is 4.96. The second-order valence-corrected chi connectivity index (χ2v) is 11.4. The van der Waals surface area contributed by atoms with Gasteiger partial charge in [0.2, 0.25) is 0 Å². The number of esters is 4. The minimum atomic E-state index is -0.959. The predicted octanol–water partition coefficient (Wildman–Crippen LogP) is 4.45. The molecule has 2 fully saturated rings. The van der Waals surface area contributed by atoms with E-state index in [1.165, 1.54) is 27.7 Å². The van der Waals surface area contributed by atoms with E-state index in [4.69, 9.17) is 18.9 Å². The van der Waals surface area contributed by atoms with Gasteiger partial charge in [-0.25, -0.2) is 0 Å². The van der Waals surface area contributed by atoms with Gasteiger partial charge in [-0.15, -0.1) is 0 Å². The number of hydrogen-bond acceptors (Lipinski definition) is 8. The van der Waals surface area contributed by atoms with Crippen molar-refractivity contribution in [2.24, 2.45) is 22.7 Å². The summed E-state index contributed by atoms with van der Waals surface area (Å²) in [5.41, 5.74) is 1.19. The molecular formula is C28H40O8. The zero-order valence-corrected chi connectivity index (χ0v) is 22.8. The van der Waals surface area contributed by atoms with Crippen molar-refractivity contribution < 1.29 is 38.1 Å². The minimum absolute atomic E-state index is 0.0361. The Hall–Kier alpha value is -2.64. The Morgan fingerprint density at radius 2 is 1.39 bits per heavy atom. The van der Waals surface area contributed by atoms with Crippen LogP contribution in [0.15, 0.2) is 23.3 Å². The van der Waals surface area contributed by atoms with Gasteiger partial charge >= 0.3 is 23.9 Å². The van der Waals surface area contributed by atoms with Crippen molar-refractivity contribution in [3.8, 4) is 0 Å². The quantitative estimate of drug-likeness (QED) is 0.314. The third-order valence-electron chi connectivity index (χ3n) is 8.68. The zero-order chi connectivity index (χ0) is 27.2. The zero-order valence-electron chi connectivity index (χ0n) is 22.8. The second kappa shape index (κ2) is 10.0. The van der Waals surface area contributed by atoms with Crippen molar-refractivity contribution >= 4 is 23.9 Å². The van der Waals surface area contributed by atoms with E-state index in [9.17, 15) is 19.2 Å². The molecule has 0 saturated heterocycles. The molecular weight excluding hydrogens is 464 g/mol. The molecule has 0 aromatic carbocycles. The fraction of sp³-hybridized carbons (Fsp3) is 0.714. The topological polar surface area (TPSA) is 105 Å². The van der Waals surface area contributed by atoms with Crippen LogP contribution in [0.1, 0.15) is 81.1 Å². The Balaban J connectivity index is 2.35. The first-order valence-electron chi connectivity index (χ1n) is 12.7. The summed E-state index contributed by atoms with van der Waals surface area (Å²) < 4.78 is 23.6. The number of fused-ring (bicyclic) bond motifs is 3. The van der Waals surface area contributed by atoms with E-state index in [1.54, 1.807) is 0 Å². The maximum atomic E-state index is 12.5. The smallest absolute Gasteiger partial charge is 0.303 e. The molecule has 0 heterocycles. The van der Waals surface area contributed by atoms with Crippen LogP contribution in [0.3, 0.4) is 0 Å². The van der Waals surface area contributed by atoms with Gasteiger partial charge in [-0.1, -0.05) is 32.9 Å². The Morgan fingerprint density at radius 1 is 0.833 bits per heavy atom. The molecule has 36 heavy (non-hydrogen) atoms. The van der Waals surface area contributed by atoms with E-state index in [0.29, 0.717) is 25.7 Å². The van der Waals surface area contributed by atoms with Crippen LogP contribution in [0.25, 0.3) is 0 Å². The van der Waals surface area contributed by atoms with Crippen LogP contribution in [0.5, 0.6) is 0 Å². The molecule has 0 unspecified atom stereocenters. The molecule has 0 spiro atoms. The fourth-order valence-corrected chi connectivity index (χ4v) is 7.03. The molecule has 0 aromatic heterocycles. The summed E-state index contributed by atoms with van der Waals surface area (Å²) in [7, 11) is 0. The summed E-state index contributed by atoms with van der Waals surface area (Å²) >= 11 is 0. The molecule has 0 aliphatic heterocycles. The summed E-state index contributed by atoms with van der Waals surface area (Å²) in [6.45, 7) is 17.8. The summed E-state index contributed by atoms with van der Waals surface area (Å²) in [6.07, 6.45) is -0.518. The predicted molar refractivity (Wildman–Crippen MR) is 131 cm³/mol. The van der Waals surface area contributed by atoms with Gasteiger partial charge in [0.1, 0.15) is 12.2 Å². The van der Waals surface area contributed by atoms with Crippen LogP contribution in [0.4, 0.5) is 0 Å². The molecule has 8 nitrogen and oxygen atoms in total. The highest BCUT2D eigenvalue weighted by molar-refractivity contribution is 5.69. The molecule has 7 atom stereocenters. The highest BCUT2D eigenvalue weighted by atomic mass is 16.6. The number of carbonyl (C=O) groups is 4. The minimum Gasteiger partial charge on any atom is -0.462 e. The molecule has 0 aromatic rings. The molecule has 3 rings (SSSR count). The van der Waals surface area contributed by atoms with E-state index < -0.39 is 59.1 Å². The number of ether oxygens (including phenoxy) is 4. The van der Waals surface area contributed by atoms with Gasteiger partial charge < -0.3 is 18.9 Å². The average molecular weight is 505 g/mol. The first kappa shape index (κ1) is 27.9. The van der Waals surface area contributed by atoms with E-state index in [2.05, 4.69) is 20.4 Å². The highest BCUT2D eigenvalue weighted by Gasteiger charge is 2.62. The van der Waals surface area contributed by atoms with E-state index in [0.717, 1.165) is 16.7 Å². The van der Waals surface area contributed by atoms with Crippen molar-refractivity contribution in [3.63, 3.8) is 0 Å². The number of rotatable bonds is 4. The molecule has 200 valence electrons. The maximum absolute atomic E-state index is 12.5. The Bertz CT molecular complexity index is 992. The molecule has 0 amide bonds. The number of hydrogen-bond donors (Lipinski definition) is 0. The lowest BCUT2D eigenvalue weighted by atomic mass is 9.50. The molecule has 2 saturated carbocycles. The van der Waals surface area contributed by atoms with Crippen molar-refractivity contribution in [3.05, 3.63) is 23.3 Å². The van der Waals surface area contributed by atoms with Crippen LogP contribution < -0.4 is 0 Å². The molecule has 8 heteroatoms. The molecule has 3 aliphatic rings. The van der Waals surface area contributed by atoms with Crippen LogP contribution in [-0.4, -0.2) is 48.3 Å². The average Bonchev–Trinajstić information content (AvgIpc) is 2.72. The van der Waals surface area contributed by atoms with Gasteiger partial charge in [0.25, 0.3) is 0 Å². The van der Waals surface area contributed by atoms with Crippen molar-refractivity contribution in [1.29, 1.82) is 0 Å². The van der Waals surface area contributed by atoms with Gasteiger partial charge in [0, 0.05) is 27.7 Å².